The molecule has 0 aliphatic heterocycles. The lowest BCUT2D eigenvalue weighted by Gasteiger charge is -2.16. The minimum Gasteiger partial charge on any atom is -0.366 e. The van der Waals surface area contributed by atoms with Crippen LogP contribution in [0, 0.1) is 6.92 Å². The van der Waals surface area contributed by atoms with Gasteiger partial charge in [-0.25, -0.2) is 4.98 Å². The van der Waals surface area contributed by atoms with E-state index >= 15 is 0 Å². The van der Waals surface area contributed by atoms with Gasteiger partial charge in [0.1, 0.15) is 5.82 Å². The van der Waals surface area contributed by atoms with Crippen LogP contribution in [0.5, 0.6) is 0 Å². The van der Waals surface area contributed by atoms with Crippen molar-refractivity contribution in [1.29, 1.82) is 0 Å². The summed E-state index contributed by atoms with van der Waals surface area (Å²) in [5, 5.41) is 4.41. The quantitative estimate of drug-likeness (QED) is 0.454. The maximum atomic E-state index is 11.9. The molecule has 0 bridgehead atoms. The van der Waals surface area contributed by atoms with Crippen LogP contribution >= 0.6 is 0 Å². The van der Waals surface area contributed by atoms with Crippen LogP contribution in [-0.4, -0.2) is 20.4 Å². The van der Waals surface area contributed by atoms with Crippen LogP contribution in [-0.2, 0) is 19.4 Å². The number of hydrogen-bond donors (Lipinski definition) is 2. The van der Waals surface area contributed by atoms with Crippen molar-refractivity contribution in [3.63, 3.8) is 0 Å². The predicted octanol–water partition coefficient (Wildman–Crippen LogP) is 4.71. The normalized spacial score (nSPS) is 13.5. The van der Waals surface area contributed by atoms with Crippen molar-refractivity contribution in [2.75, 3.05) is 5.32 Å². The first-order valence-electron chi connectivity index (χ1n) is 11.2. The van der Waals surface area contributed by atoms with Crippen molar-refractivity contribution in [1.82, 2.24) is 14.5 Å². The molecule has 1 amide bonds. The van der Waals surface area contributed by atoms with E-state index in [9.17, 15) is 4.79 Å². The highest BCUT2D eigenvalue weighted by Crippen LogP contribution is 2.30. The molecule has 0 spiro atoms. The van der Waals surface area contributed by atoms with Crippen LogP contribution in [0.15, 0.2) is 54.6 Å². The first-order valence-corrected chi connectivity index (χ1v) is 11.2. The molecule has 2 heterocycles. The molecule has 1 aliphatic carbocycles. The number of carbonyl (C=O) groups is 1. The van der Waals surface area contributed by atoms with Crippen molar-refractivity contribution < 1.29 is 4.79 Å². The second-order valence-electron chi connectivity index (χ2n) is 8.42. The number of fused-ring (bicyclic) bond motifs is 2. The standard InChI is InChI=1S/C26H27N5O/c1-17-15-21-19(24(27)32)12-8-14-23(21)31(17)26-29-22-13-7-3-6-11-20(22)25(30-26)28-16-18-9-4-2-5-10-18/h2,4-5,8-10,12,14-15H,3,6-7,11,13,16H2,1H3,(H2,27,32)(H,28,29,30). The Morgan fingerprint density at radius 3 is 2.66 bits per heavy atom. The number of carbonyl (C=O) groups excluding carboxylic acids is 1. The Bertz CT molecular complexity index is 1290. The summed E-state index contributed by atoms with van der Waals surface area (Å²) in [4.78, 5) is 22.0. The lowest BCUT2D eigenvalue weighted by Crippen LogP contribution is -2.13. The summed E-state index contributed by atoms with van der Waals surface area (Å²) >= 11 is 0. The van der Waals surface area contributed by atoms with Gasteiger partial charge in [0, 0.05) is 28.8 Å². The summed E-state index contributed by atoms with van der Waals surface area (Å²) in [6, 6.07) is 17.9. The Kier molecular flexibility index (Phi) is 5.35. The molecule has 0 radical (unpaired) electrons. The van der Waals surface area contributed by atoms with Crippen molar-refractivity contribution in [2.45, 2.75) is 45.6 Å². The van der Waals surface area contributed by atoms with Crippen molar-refractivity contribution in [3.8, 4) is 5.95 Å². The molecule has 4 aromatic rings. The van der Waals surface area contributed by atoms with Crippen LogP contribution < -0.4 is 11.1 Å². The number of nitrogens with one attached hydrogen (secondary N) is 1. The fourth-order valence-electron chi connectivity index (χ4n) is 4.63. The third-order valence-corrected chi connectivity index (χ3v) is 6.22. The molecule has 0 unspecified atom stereocenters. The van der Waals surface area contributed by atoms with Crippen LogP contribution in [0.3, 0.4) is 0 Å². The summed E-state index contributed by atoms with van der Waals surface area (Å²) < 4.78 is 2.03. The molecule has 2 aromatic heterocycles. The van der Waals surface area contributed by atoms with Gasteiger partial charge in [-0.3, -0.25) is 9.36 Å². The number of hydrogen-bond acceptors (Lipinski definition) is 4. The average molecular weight is 426 g/mol. The zero-order valence-corrected chi connectivity index (χ0v) is 18.3. The Balaban J connectivity index is 1.63. The molecular weight excluding hydrogens is 398 g/mol. The average Bonchev–Trinajstić information content (AvgIpc) is 2.96. The summed E-state index contributed by atoms with van der Waals surface area (Å²) in [6.07, 6.45) is 5.44. The van der Waals surface area contributed by atoms with Gasteiger partial charge in [0.2, 0.25) is 11.9 Å². The number of anilines is 1. The third kappa shape index (κ3) is 3.73. The maximum absolute atomic E-state index is 11.9. The minimum absolute atomic E-state index is 0.430. The molecule has 162 valence electrons. The van der Waals surface area contributed by atoms with Crippen molar-refractivity contribution >= 4 is 22.6 Å². The fraction of sp³-hybridized carbons (Fsp3) is 0.269. The van der Waals surface area contributed by atoms with Gasteiger partial charge < -0.3 is 11.1 Å². The van der Waals surface area contributed by atoms with E-state index in [4.69, 9.17) is 15.7 Å². The lowest BCUT2D eigenvalue weighted by molar-refractivity contribution is 0.100. The topological polar surface area (TPSA) is 85.8 Å². The monoisotopic (exact) mass is 425 g/mol. The highest BCUT2D eigenvalue weighted by Gasteiger charge is 2.20. The number of amides is 1. The van der Waals surface area contributed by atoms with Gasteiger partial charge in [-0.1, -0.05) is 42.8 Å². The molecule has 0 saturated heterocycles. The number of nitrogens with two attached hydrogens (primary N) is 1. The van der Waals surface area contributed by atoms with Crippen LogP contribution in [0.4, 0.5) is 5.82 Å². The molecule has 3 N–H and O–H groups in total. The van der Waals surface area contributed by atoms with Gasteiger partial charge in [0.15, 0.2) is 0 Å². The Morgan fingerprint density at radius 1 is 1.03 bits per heavy atom. The molecular formula is C26H27N5O. The zero-order chi connectivity index (χ0) is 22.1. The first-order chi connectivity index (χ1) is 15.6. The van der Waals surface area contributed by atoms with Crippen molar-refractivity contribution in [3.05, 3.63) is 82.7 Å². The minimum atomic E-state index is -0.430. The summed E-state index contributed by atoms with van der Waals surface area (Å²) in [5.74, 6) is 1.11. The van der Waals surface area contributed by atoms with E-state index in [0.717, 1.165) is 53.8 Å². The van der Waals surface area contributed by atoms with E-state index in [-0.39, 0.29) is 0 Å². The molecule has 1 aliphatic rings. The zero-order valence-electron chi connectivity index (χ0n) is 18.3. The Morgan fingerprint density at radius 2 is 1.84 bits per heavy atom. The summed E-state index contributed by atoms with van der Waals surface area (Å²) in [6.45, 7) is 2.72. The van der Waals surface area contributed by atoms with Gasteiger partial charge in [-0.2, -0.15) is 4.98 Å². The molecule has 5 rings (SSSR count). The highest BCUT2D eigenvalue weighted by molar-refractivity contribution is 6.06. The molecule has 6 nitrogen and oxygen atoms in total. The summed E-state index contributed by atoms with van der Waals surface area (Å²) in [5.41, 5.74) is 11.6. The molecule has 0 atom stereocenters. The van der Waals surface area contributed by atoms with Crippen molar-refractivity contribution in [2.24, 2.45) is 5.73 Å². The van der Waals surface area contributed by atoms with Gasteiger partial charge in [0.05, 0.1) is 11.2 Å². The van der Waals surface area contributed by atoms with E-state index in [0.29, 0.717) is 18.1 Å². The lowest BCUT2D eigenvalue weighted by atomic mass is 10.1. The van der Waals surface area contributed by atoms with Gasteiger partial charge >= 0.3 is 0 Å². The molecule has 0 fully saturated rings. The van der Waals surface area contributed by atoms with Gasteiger partial charge in [0.25, 0.3) is 0 Å². The second-order valence-corrected chi connectivity index (χ2v) is 8.42. The van der Waals surface area contributed by atoms with Gasteiger partial charge in [-0.15, -0.1) is 0 Å². The SMILES string of the molecule is Cc1cc2c(C(N)=O)cccc2n1-c1nc2c(c(NCc3ccccc3)n1)CCCCC2. The van der Waals surface area contributed by atoms with E-state index in [1.54, 1.807) is 6.07 Å². The van der Waals surface area contributed by atoms with Gasteiger partial charge in [-0.05, 0) is 56.4 Å². The number of rotatable bonds is 5. The number of nitrogens with zero attached hydrogens (tertiary/aromatic N) is 3. The Hall–Kier alpha value is -3.67. The van der Waals surface area contributed by atoms with E-state index in [1.165, 1.54) is 17.5 Å². The van der Waals surface area contributed by atoms with E-state index < -0.39 is 5.91 Å². The third-order valence-electron chi connectivity index (χ3n) is 6.22. The second kappa shape index (κ2) is 8.46. The van der Waals surface area contributed by atoms with Crippen LogP contribution in [0.2, 0.25) is 0 Å². The number of aryl methyl sites for hydroxylation is 2. The Labute approximate surface area is 187 Å². The number of aromatic nitrogens is 3. The van der Waals surface area contributed by atoms with Crippen LogP contribution in [0.25, 0.3) is 16.9 Å². The molecule has 6 heteroatoms. The van der Waals surface area contributed by atoms with E-state index in [1.807, 2.05) is 35.8 Å². The molecule has 0 saturated carbocycles. The largest absolute Gasteiger partial charge is 0.366 e. The maximum Gasteiger partial charge on any atom is 0.249 e. The number of primary amides is 1. The predicted molar refractivity (Wildman–Crippen MR) is 127 cm³/mol. The first kappa shape index (κ1) is 20.2. The highest BCUT2D eigenvalue weighted by atomic mass is 16.1. The van der Waals surface area contributed by atoms with Crippen LogP contribution in [0.1, 0.15) is 52.1 Å². The smallest absolute Gasteiger partial charge is 0.249 e. The molecule has 32 heavy (non-hydrogen) atoms. The molecule has 2 aromatic carbocycles. The fourth-order valence-corrected chi connectivity index (χ4v) is 4.63. The van der Waals surface area contributed by atoms with E-state index in [2.05, 4.69) is 29.6 Å². The number of benzene rings is 2. The summed E-state index contributed by atoms with van der Waals surface area (Å²) in [7, 11) is 0.